The minimum Gasteiger partial charge on any atom is -0.492 e. The first-order valence-electron chi connectivity index (χ1n) is 8.32. The average Bonchev–Trinajstić information content (AvgIpc) is 2.64. The van der Waals surface area contributed by atoms with E-state index in [2.05, 4.69) is 15.6 Å². The molecule has 5 nitrogen and oxygen atoms in total. The number of nitrogens with zero attached hydrogens (tertiary/aromatic N) is 1. The Labute approximate surface area is 170 Å². The van der Waals surface area contributed by atoms with Gasteiger partial charge in [-0.1, -0.05) is 30.3 Å². The number of guanidine groups is 1. The van der Waals surface area contributed by atoms with Gasteiger partial charge < -0.3 is 20.5 Å². The molecule has 0 aromatic heterocycles. The van der Waals surface area contributed by atoms with Gasteiger partial charge in [0, 0.05) is 6.54 Å². The van der Waals surface area contributed by atoms with Crippen LogP contribution in [-0.4, -0.2) is 37.3 Å². The maximum atomic E-state index is 12.9. The standard InChI is InChI=1S/C19H24FN3O2.HI/c1-2-21-19(22-12-13-25-17-6-4-3-5-7-17)23-14-18(24)15-8-10-16(20)11-9-15;/h3-11,18,24H,2,12-14H2,1H3,(H2,21,22,23);1H. The first-order valence-corrected chi connectivity index (χ1v) is 8.32. The summed E-state index contributed by atoms with van der Waals surface area (Å²) in [6.07, 6.45) is -0.781. The lowest BCUT2D eigenvalue weighted by Gasteiger charge is -2.14. The Hall–Kier alpha value is -1.87. The summed E-state index contributed by atoms with van der Waals surface area (Å²) < 4.78 is 18.5. The smallest absolute Gasteiger partial charge is 0.191 e. The predicted octanol–water partition coefficient (Wildman–Crippen LogP) is 3.11. The Morgan fingerprint density at radius 2 is 1.81 bits per heavy atom. The molecule has 142 valence electrons. The summed E-state index contributed by atoms with van der Waals surface area (Å²) in [7, 11) is 0. The number of halogens is 2. The molecule has 2 aromatic rings. The van der Waals surface area contributed by atoms with Crippen LogP contribution in [0.25, 0.3) is 0 Å². The number of aliphatic hydroxyl groups excluding tert-OH is 1. The van der Waals surface area contributed by atoms with E-state index in [0.717, 1.165) is 5.75 Å². The fourth-order valence-electron chi connectivity index (χ4n) is 2.16. The first kappa shape index (κ1) is 22.2. The Morgan fingerprint density at radius 1 is 1.12 bits per heavy atom. The Morgan fingerprint density at radius 3 is 2.46 bits per heavy atom. The van der Waals surface area contributed by atoms with Gasteiger partial charge in [-0.3, -0.25) is 4.99 Å². The van der Waals surface area contributed by atoms with Crippen LogP contribution in [0.3, 0.4) is 0 Å². The summed E-state index contributed by atoms with van der Waals surface area (Å²) in [5.74, 6) is 1.09. The van der Waals surface area contributed by atoms with Crippen molar-refractivity contribution in [2.24, 2.45) is 4.99 Å². The number of aliphatic hydroxyl groups is 1. The van der Waals surface area contributed by atoms with Gasteiger partial charge in [0.2, 0.25) is 0 Å². The Kier molecular flexibility index (Phi) is 10.6. The predicted molar refractivity (Wildman–Crippen MR) is 113 cm³/mol. The fraction of sp³-hybridized carbons (Fsp3) is 0.316. The molecule has 0 aliphatic rings. The third kappa shape index (κ3) is 8.01. The van der Waals surface area contributed by atoms with E-state index in [-0.39, 0.29) is 36.3 Å². The van der Waals surface area contributed by atoms with E-state index >= 15 is 0 Å². The molecule has 0 heterocycles. The van der Waals surface area contributed by atoms with Crippen LogP contribution in [0.2, 0.25) is 0 Å². The van der Waals surface area contributed by atoms with Gasteiger partial charge in [0.05, 0.1) is 19.2 Å². The molecule has 3 N–H and O–H groups in total. The number of para-hydroxylation sites is 1. The number of nitrogens with one attached hydrogen (secondary N) is 2. The van der Waals surface area contributed by atoms with Crippen molar-refractivity contribution in [1.29, 1.82) is 0 Å². The molecule has 0 saturated carbocycles. The number of benzene rings is 2. The van der Waals surface area contributed by atoms with Gasteiger partial charge in [-0.25, -0.2) is 4.39 Å². The SMILES string of the molecule is CCNC(=NCC(O)c1ccc(F)cc1)NCCOc1ccccc1.I. The van der Waals surface area contributed by atoms with Crippen LogP contribution in [0, 0.1) is 5.82 Å². The maximum Gasteiger partial charge on any atom is 0.191 e. The Balaban J connectivity index is 0.00000338. The zero-order valence-electron chi connectivity index (χ0n) is 14.7. The molecule has 0 saturated heterocycles. The molecule has 1 atom stereocenters. The van der Waals surface area contributed by atoms with Crippen molar-refractivity contribution >= 4 is 29.9 Å². The van der Waals surface area contributed by atoms with Gasteiger partial charge in [-0.15, -0.1) is 24.0 Å². The number of rotatable bonds is 8. The lowest BCUT2D eigenvalue weighted by Crippen LogP contribution is -2.39. The van der Waals surface area contributed by atoms with Crippen molar-refractivity contribution in [2.75, 3.05) is 26.2 Å². The molecule has 7 heteroatoms. The minimum absolute atomic E-state index is 0. The van der Waals surface area contributed by atoms with E-state index in [1.165, 1.54) is 12.1 Å². The normalized spacial score (nSPS) is 12.0. The molecule has 2 rings (SSSR count). The van der Waals surface area contributed by atoms with Crippen LogP contribution in [0.15, 0.2) is 59.6 Å². The Bertz CT molecular complexity index is 654. The van der Waals surface area contributed by atoms with E-state index in [9.17, 15) is 9.50 Å². The molecule has 0 spiro atoms. The molecule has 0 radical (unpaired) electrons. The molecule has 2 aromatic carbocycles. The first-order chi connectivity index (χ1) is 12.2. The number of hydrogen-bond acceptors (Lipinski definition) is 3. The largest absolute Gasteiger partial charge is 0.492 e. The topological polar surface area (TPSA) is 65.9 Å². The monoisotopic (exact) mass is 473 g/mol. The highest BCUT2D eigenvalue weighted by molar-refractivity contribution is 14.0. The molecule has 1 unspecified atom stereocenters. The second kappa shape index (κ2) is 12.5. The quantitative estimate of drug-likeness (QED) is 0.239. The number of ether oxygens (including phenoxy) is 1. The summed E-state index contributed by atoms with van der Waals surface area (Å²) >= 11 is 0. The molecule has 26 heavy (non-hydrogen) atoms. The second-order valence-corrected chi connectivity index (χ2v) is 5.38. The molecule has 0 aliphatic heterocycles. The van der Waals surface area contributed by atoms with Gasteiger partial charge >= 0.3 is 0 Å². The third-order valence-electron chi connectivity index (χ3n) is 3.43. The van der Waals surface area contributed by atoms with Gasteiger partial charge in [0.25, 0.3) is 0 Å². The van der Waals surface area contributed by atoms with E-state index in [1.54, 1.807) is 12.1 Å². The maximum absolute atomic E-state index is 12.9. The highest BCUT2D eigenvalue weighted by Crippen LogP contribution is 2.13. The van der Waals surface area contributed by atoms with Crippen molar-refractivity contribution in [2.45, 2.75) is 13.0 Å². The van der Waals surface area contributed by atoms with Gasteiger partial charge in [-0.2, -0.15) is 0 Å². The number of aliphatic imine (C=N–C) groups is 1. The lowest BCUT2D eigenvalue weighted by molar-refractivity contribution is 0.187. The van der Waals surface area contributed by atoms with Crippen molar-refractivity contribution in [3.05, 3.63) is 66.0 Å². The van der Waals surface area contributed by atoms with Crippen LogP contribution >= 0.6 is 24.0 Å². The molecule has 0 amide bonds. The van der Waals surface area contributed by atoms with Crippen LogP contribution in [0.1, 0.15) is 18.6 Å². The van der Waals surface area contributed by atoms with Crippen molar-refractivity contribution in [3.8, 4) is 5.75 Å². The van der Waals surface area contributed by atoms with Gasteiger partial charge in [0.1, 0.15) is 18.2 Å². The lowest BCUT2D eigenvalue weighted by atomic mass is 10.1. The van der Waals surface area contributed by atoms with E-state index in [0.29, 0.717) is 31.2 Å². The highest BCUT2D eigenvalue weighted by Gasteiger charge is 2.07. The van der Waals surface area contributed by atoms with E-state index < -0.39 is 6.10 Å². The van der Waals surface area contributed by atoms with Gasteiger partial charge in [-0.05, 0) is 36.8 Å². The zero-order valence-corrected chi connectivity index (χ0v) is 17.0. The van der Waals surface area contributed by atoms with Crippen molar-refractivity contribution in [1.82, 2.24) is 10.6 Å². The molecule has 0 fully saturated rings. The zero-order chi connectivity index (χ0) is 17.9. The van der Waals surface area contributed by atoms with E-state index in [1.807, 2.05) is 37.3 Å². The second-order valence-electron chi connectivity index (χ2n) is 5.38. The van der Waals surface area contributed by atoms with E-state index in [4.69, 9.17) is 4.74 Å². The molecule has 0 aliphatic carbocycles. The van der Waals surface area contributed by atoms with Crippen LogP contribution in [0.5, 0.6) is 5.75 Å². The summed E-state index contributed by atoms with van der Waals surface area (Å²) in [6, 6.07) is 15.4. The van der Waals surface area contributed by atoms with Crippen molar-refractivity contribution in [3.63, 3.8) is 0 Å². The summed E-state index contributed by atoms with van der Waals surface area (Å²) in [6.45, 7) is 3.93. The fourth-order valence-corrected chi connectivity index (χ4v) is 2.16. The molecule has 0 bridgehead atoms. The summed E-state index contributed by atoms with van der Waals surface area (Å²) in [4.78, 5) is 4.35. The van der Waals surface area contributed by atoms with Crippen molar-refractivity contribution < 1.29 is 14.2 Å². The summed E-state index contributed by atoms with van der Waals surface area (Å²) in [5.41, 5.74) is 0.633. The highest BCUT2D eigenvalue weighted by atomic mass is 127. The van der Waals surface area contributed by atoms with Gasteiger partial charge in [0.15, 0.2) is 5.96 Å². The van der Waals surface area contributed by atoms with Crippen LogP contribution in [0.4, 0.5) is 4.39 Å². The molecular formula is C19H25FIN3O2. The number of hydrogen-bond donors (Lipinski definition) is 3. The third-order valence-corrected chi connectivity index (χ3v) is 3.43. The summed E-state index contributed by atoms with van der Waals surface area (Å²) in [5, 5.41) is 16.4. The van der Waals surface area contributed by atoms with Crippen LogP contribution in [-0.2, 0) is 0 Å². The molecular weight excluding hydrogens is 448 g/mol. The van der Waals surface area contributed by atoms with Crippen LogP contribution < -0.4 is 15.4 Å². The minimum atomic E-state index is -0.781. The average molecular weight is 473 g/mol.